The average molecular weight is 531 g/mol. The molecule has 2 aromatic carbocycles. The molecule has 8 nitrogen and oxygen atoms in total. The number of ether oxygens (including phenoxy) is 1. The summed E-state index contributed by atoms with van der Waals surface area (Å²) >= 11 is 0. The number of carbonyl (C=O) groups excluding carboxylic acids is 2. The molecule has 3 aromatic rings. The molecule has 0 aliphatic carbocycles. The Labute approximate surface area is 217 Å². The number of likely N-dealkylation sites (N-methyl/N-ethyl adjacent to an activating group) is 1. The smallest absolute Gasteiger partial charge is 0.325 e. The molecule has 1 amide bonds. The maximum absolute atomic E-state index is 15.4. The van der Waals surface area contributed by atoms with Gasteiger partial charge in [-0.15, -0.1) is 0 Å². The number of rotatable bonds is 6. The number of alkyl halides is 2. The van der Waals surface area contributed by atoms with Crippen molar-refractivity contribution in [2.45, 2.75) is 57.6 Å². The number of methoxy groups -OCH3 is 1. The number of nitrogens with zero attached hydrogens (tertiary/aromatic N) is 3. The number of aliphatic hydroxyl groups is 1. The summed E-state index contributed by atoms with van der Waals surface area (Å²) in [5, 5.41) is 13.5. The van der Waals surface area contributed by atoms with E-state index in [-0.39, 0.29) is 11.4 Å². The lowest BCUT2D eigenvalue weighted by Crippen LogP contribution is -2.43. The minimum atomic E-state index is -3.84. The van der Waals surface area contributed by atoms with Crippen LogP contribution in [0.1, 0.15) is 56.3 Å². The Bertz CT molecular complexity index is 1470. The zero-order valence-electron chi connectivity index (χ0n) is 22.1. The zero-order chi connectivity index (χ0) is 28.4. The molecule has 0 saturated heterocycles. The maximum atomic E-state index is 15.4. The summed E-state index contributed by atoms with van der Waals surface area (Å²) < 4.78 is 49.9. The minimum absolute atomic E-state index is 0.0532. The highest BCUT2D eigenvalue weighted by atomic mass is 19.3. The van der Waals surface area contributed by atoms with Crippen LogP contribution in [-0.4, -0.2) is 46.7 Å². The Balaban J connectivity index is 1.81. The molecule has 2 atom stereocenters. The van der Waals surface area contributed by atoms with Gasteiger partial charge in [0.2, 0.25) is 5.91 Å². The number of halogens is 3. The van der Waals surface area contributed by atoms with Crippen LogP contribution < -0.4 is 10.2 Å². The summed E-state index contributed by atoms with van der Waals surface area (Å²) in [7, 11) is 2.75. The molecule has 38 heavy (non-hydrogen) atoms. The van der Waals surface area contributed by atoms with E-state index in [1.54, 1.807) is 26.0 Å². The van der Waals surface area contributed by atoms with Crippen LogP contribution in [-0.2, 0) is 25.7 Å². The summed E-state index contributed by atoms with van der Waals surface area (Å²) in [5.41, 5.74) is -3.70. The Morgan fingerprint density at radius 3 is 2.50 bits per heavy atom. The molecule has 202 valence electrons. The Morgan fingerprint density at radius 2 is 1.89 bits per heavy atom. The van der Waals surface area contributed by atoms with Crippen molar-refractivity contribution in [3.63, 3.8) is 0 Å². The first-order chi connectivity index (χ1) is 17.5. The summed E-state index contributed by atoms with van der Waals surface area (Å²) in [6.07, 6.45) is 0. The summed E-state index contributed by atoms with van der Waals surface area (Å²) in [6, 6.07) is 6.08. The third-order valence-electron chi connectivity index (χ3n) is 7.11. The molecular weight excluding hydrogens is 501 g/mol. The molecule has 1 aromatic heterocycles. The largest absolute Gasteiger partial charge is 0.468 e. The third-order valence-corrected chi connectivity index (χ3v) is 7.11. The topological polar surface area (TPSA) is 105 Å². The number of hydrogen-bond donors (Lipinski definition) is 2. The van der Waals surface area contributed by atoms with E-state index >= 15 is 4.39 Å². The van der Waals surface area contributed by atoms with Gasteiger partial charge in [0, 0.05) is 29.2 Å². The van der Waals surface area contributed by atoms with Crippen molar-refractivity contribution in [3.8, 4) is 0 Å². The van der Waals surface area contributed by atoms with Gasteiger partial charge in [0.1, 0.15) is 23.1 Å². The number of fused-ring (bicyclic) bond motifs is 2. The maximum Gasteiger partial charge on any atom is 0.325 e. The van der Waals surface area contributed by atoms with E-state index in [2.05, 4.69) is 15.3 Å². The lowest BCUT2D eigenvalue weighted by molar-refractivity contribution is -0.170. The monoisotopic (exact) mass is 530 g/mol. The van der Waals surface area contributed by atoms with Gasteiger partial charge < -0.3 is 20.1 Å². The van der Waals surface area contributed by atoms with E-state index in [0.29, 0.717) is 28.0 Å². The number of esters is 1. The van der Waals surface area contributed by atoms with E-state index in [1.807, 2.05) is 0 Å². The SMILES string of the molecule is COC(=O)C1(C)C(=O)N(C)c2cc3c(N[C@H](C)c4cccc(C(F)(F)C(C)(C)O)c4F)nc(C)nc3cc21. The van der Waals surface area contributed by atoms with Gasteiger partial charge in [-0.3, -0.25) is 9.59 Å². The molecule has 0 spiro atoms. The number of carbonyl (C=O) groups is 2. The van der Waals surface area contributed by atoms with Crippen molar-refractivity contribution in [2.24, 2.45) is 0 Å². The van der Waals surface area contributed by atoms with Crippen LogP contribution in [0.4, 0.5) is 24.7 Å². The standard InChI is InChI=1S/C27H29F3N4O4/c1-13(15-9-8-10-17(21(15)28)27(29,30)25(3,4)37)31-22-16-11-20-18(12-19(16)32-14(2)33-22)26(5,24(36)38-7)23(35)34(20)6/h8-13,37H,1-7H3,(H,31,32,33)/t13-,26?/m1/s1. The van der Waals surface area contributed by atoms with E-state index in [0.717, 1.165) is 19.9 Å². The number of aromatic nitrogens is 2. The molecule has 0 saturated carbocycles. The molecule has 0 radical (unpaired) electrons. The van der Waals surface area contributed by atoms with E-state index in [1.165, 1.54) is 38.1 Å². The van der Waals surface area contributed by atoms with Crippen LogP contribution in [0.2, 0.25) is 0 Å². The second-order valence-electron chi connectivity index (χ2n) is 10.2. The predicted octanol–water partition coefficient (Wildman–Crippen LogP) is 4.52. The first-order valence-electron chi connectivity index (χ1n) is 11.9. The zero-order valence-corrected chi connectivity index (χ0v) is 22.1. The van der Waals surface area contributed by atoms with Crippen molar-refractivity contribution >= 4 is 34.3 Å². The number of anilines is 2. The summed E-state index contributed by atoms with van der Waals surface area (Å²) in [5.74, 6) is -5.51. The van der Waals surface area contributed by atoms with Gasteiger partial charge >= 0.3 is 11.9 Å². The first kappa shape index (κ1) is 27.3. The average Bonchev–Trinajstić information content (AvgIpc) is 3.03. The fourth-order valence-corrected chi connectivity index (χ4v) is 4.77. The van der Waals surface area contributed by atoms with Gasteiger partial charge in [0.05, 0.1) is 24.2 Å². The molecule has 0 fully saturated rings. The highest BCUT2D eigenvalue weighted by Crippen LogP contribution is 2.45. The van der Waals surface area contributed by atoms with E-state index in [9.17, 15) is 23.5 Å². The Morgan fingerprint density at radius 1 is 1.24 bits per heavy atom. The number of amides is 1. The molecule has 2 N–H and O–H groups in total. The second-order valence-corrected chi connectivity index (χ2v) is 10.2. The van der Waals surface area contributed by atoms with Crippen LogP contribution in [0, 0.1) is 12.7 Å². The molecule has 1 aliphatic rings. The first-order valence-corrected chi connectivity index (χ1v) is 11.9. The van der Waals surface area contributed by atoms with Crippen LogP contribution in [0.25, 0.3) is 10.9 Å². The van der Waals surface area contributed by atoms with Crippen molar-refractivity contribution < 1.29 is 32.6 Å². The van der Waals surface area contributed by atoms with Gasteiger partial charge in [-0.1, -0.05) is 12.1 Å². The van der Waals surface area contributed by atoms with Crippen molar-refractivity contribution in [1.29, 1.82) is 0 Å². The van der Waals surface area contributed by atoms with Crippen molar-refractivity contribution in [2.75, 3.05) is 24.4 Å². The van der Waals surface area contributed by atoms with Gasteiger partial charge in [-0.05, 0) is 52.8 Å². The Kier molecular flexibility index (Phi) is 6.42. The highest BCUT2D eigenvalue weighted by molar-refractivity contribution is 6.21. The van der Waals surface area contributed by atoms with Crippen molar-refractivity contribution in [1.82, 2.24) is 9.97 Å². The fourth-order valence-electron chi connectivity index (χ4n) is 4.77. The van der Waals surface area contributed by atoms with E-state index < -0.39 is 46.2 Å². The molecule has 11 heteroatoms. The van der Waals surface area contributed by atoms with Crippen LogP contribution in [0.15, 0.2) is 30.3 Å². The van der Waals surface area contributed by atoms with Gasteiger partial charge in [-0.25, -0.2) is 14.4 Å². The van der Waals surface area contributed by atoms with Crippen LogP contribution in [0.5, 0.6) is 0 Å². The van der Waals surface area contributed by atoms with Gasteiger partial charge in [-0.2, -0.15) is 8.78 Å². The lowest BCUT2D eigenvalue weighted by Gasteiger charge is -2.30. The van der Waals surface area contributed by atoms with Gasteiger partial charge in [0.25, 0.3) is 0 Å². The number of benzene rings is 2. The molecule has 1 unspecified atom stereocenters. The molecule has 1 aliphatic heterocycles. The quantitative estimate of drug-likeness (QED) is 0.357. The molecule has 2 heterocycles. The number of hydrogen-bond acceptors (Lipinski definition) is 7. The molecule has 4 rings (SSSR count). The van der Waals surface area contributed by atoms with Crippen molar-refractivity contribution in [3.05, 3.63) is 58.7 Å². The molecule has 0 bridgehead atoms. The summed E-state index contributed by atoms with van der Waals surface area (Å²) in [4.78, 5) is 35.9. The van der Waals surface area contributed by atoms with Crippen LogP contribution in [0.3, 0.4) is 0 Å². The normalized spacial score (nSPS) is 18.5. The lowest BCUT2D eigenvalue weighted by atomic mass is 9.83. The highest BCUT2D eigenvalue weighted by Gasteiger charge is 2.53. The third kappa shape index (κ3) is 3.96. The number of nitrogens with one attached hydrogen (secondary N) is 1. The van der Waals surface area contributed by atoms with Gasteiger partial charge in [0.15, 0.2) is 5.41 Å². The Hall–Kier alpha value is -3.73. The predicted molar refractivity (Wildman–Crippen MR) is 136 cm³/mol. The van der Waals surface area contributed by atoms with E-state index in [4.69, 9.17) is 4.74 Å². The number of aryl methyl sites for hydroxylation is 1. The van der Waals surface area contributed by atoms with Crippen LogP contribution >= 0.6 is 0 Å². The fraction of sp³-hybridized carbons (Fsp3) is 0.407. The molecular formula is C27H29F3N4O4. The summed E-state index contributed by atoms with van der Waals surface area (Å²) in [6.45, 7) is 6.56. The minimum Gasteiger partial charge on any atom is -0.468 e. The second kappa shape index (κ2) is 8.93.